The lowest BCUT2D eigenvalue weighted by atomic mass is 9.97. The Balaban J connectivity index is 1.93. The van der Waals surface area contributed by atoms with Crippen LogP contribution in [0.1, 0.15) is 103 Å². The summed E-state index contributed by atoms with van der Waals surface area (Å²) in [6.07, 6.45) is 4.45. The fourth-order valence-corrected chi connectivity index (χ4v) is 5.13. The van der Waals surface area contributed by atoms with Gasteiger partial charge < -0.3 is 24.8 Å². The minimum Gasteiger partial charge on any atom is -0.507 e. The minimum absolute atomic E-state index is 0.00674. The second-order valence-corrected chi connectivity index (χ2v) is 11.7. The fourth-order valence-electron chi connectivity index (χ4n) is 4.98. The number of carbonyl (C=O) groups excluding carboxylic acids is 4. The molecule has 0 aliphatic rings. The number of nitro groups is 1. The zero-order valence-corrected chi connectivity index (χ0v) is 27.5. The topological polar surface area (TPSA) is 191 Å². The van der Waals surface area contributed by atoms with E-state index < -0.39 is 44.7 Å². The number of phenols is 3. The third kappa shape index (κ3) is 10.3. The van der Waals surface area contributed by atoms with Gasteiger partial charge in [-0.15, -0.1) is 0 Å². The predicted octanol–water partition coefficient (Wildman–Crippen LogP) is 7.33. The van der Waals surface area contributed by atoms with E-state index in [9.17, 15) is 44.6 Å². The number of ether oxygens (including phenoxy) is 2. The number of phenolic OH excluding ortho intramolecular Hbond substituents is 3. The standard InChI is InChI=1S/C35H38ClNO11/c1-3-5-7-9-25(38)15-22-17-27(19-28(40)30(22)34(43)47-20-21-11-13-24(14-12-21)37(45)46)48-35(44)31-23(16-26(39)10-8-6-4-2)18-29(41)32(36)33(31)42/h11-14,17-19,40-42H,3-10,15-16,20H2,1-2H3. The van der Waals surface area contributed by atoms with Crippen LogP contribution in [0.2, 0.25) is 5.02 Å². The molecule has 3 aromatic rings. The number of Topliss-reactive ketones (excluding diaryl/α,β-unsaturated/α-hetero) is 2. The highest BCUT2D eigenvalue weighted by molar-refractivity contribution is 6.34. The Morgan fingerprint density at radius 2 is 1.33 bits per heavy atom. The van der Waals surface area contributed by atoms with Crippen molar-refractivity contribution in [3.05, 3.63) is 85.4 Å². The van der Waals surface area contributed by atoms with Crippen molar-refractivity contribution in [3.63, 3.8) is 0 Å². The van der Waals surface area contributed by atoms with Gasteiger partial charge in [0.2, 0.25) is 0 Å². The summed E-state index contributed by atoms with van der Waals surface area (Å²) in [7, 11) is 0. The Hall–Kier alpha value is -4.97. The maximum absolute atomic E-state index is 13.4. The number of rotatable bonds is 18. The van der Waals surface area contributed by atoms with Crippen LogP contribution in [0.4, 0.5) is 5.69 Å². The first-order valence-electron chi connectivity index (χ1n) is 15.6. The number of hydrogen-bond donors (Lipinski definition) is 3. The molecule has 0 spiro atoms. The van der Waals surface area contributed by atoms with E-state index in [-0.39, 0.29) is 72.0 Å². The number of esters is 2. The SMILES string of the molecule is CCCCCC(=O)Cc1cc(OC(=O)c2c(CC(=O)CCCCC)cc(O)c(Cl)c2O)cc(O)c1C(=O)OCc1ccc([N+](=O)[O-])cc1. The third-order valence-electron chi connectivity index (χ3n) is 7.50. The number of aromatic hydroxyl groups is 3. The summed E-state index contributed by atoms with van der Waals surface area (Å²) in [5.41, 5.74) is -0.539. The van der Waals surface area contributed by atoms with E-state index in [0.29, 0.717) is 18.4 Å². The molecule has 256 valence electrons. The number of halogens is 1. The van der Waals surface area contributed by atoms with Crippen molar-refractivity contribution in [1.82, 2.24) is 0 Å². The van der Waals surface area contributed by atoms with Gasteiger partial charge in [-0.2, -0.15) is 0 Å². The molecule has 0 fully saturated rings. The zero-order chi connectivity index (χ0) is 35.4. The molecule has 0 bridgehead atoms. The van der Waals surface area contributed by atoms with Gasteiger partial charge in [0.05, 0.1) is 4.92 Å². The summed E-state index contributed by atoms with van der Waals surface area (Å²) in [5, 5.41) is 42.2. The van der Waals surface area contributed by atoms with Gasteiger partial charge in [-0.05, 0) is 53.8 Å². The molecule has 13 heteroatoms. The summed E-state index contributed by atoms with van der Waals surface area (Å²) in [5.74, 6) is -4.94. The van der Waals surface area contributed by atoms with Gasteiger partial charge in [0, 0.05) is 43.9 Å². The molecule has 0 radical (unpaired) electrons. The lowest BCUT2D eigenvalue weighted by Gasteiger charge is -2.16. The maximum Gasteiger partial charge on any atom is 0.347 e. The van der Waals surface area contributed by atoms with Crippen LogP contribution in [0.3, 0.4) is 0 Å². The number of benzene rings is 3. The maximum atomic E-state index is 13.4. The predicted molar refractivity (Wildman–Crippen MR) is 176 cm³/mol. The van der Waals surface area contributed by atoms with Crippen LogP contribution in [0.25, 0.3) is 0 Å². The summed E-state index contributed by atoms with van der Waals surface area (Å²) < 4.78 is 10.8. The van der Waals surface area contributed by atoms with E-state index in [1.54, 1.807) is 0 Å². The molecular weight excluding hydrogens is 646 g/mol. The molecule has 0 unspecified atom stereocenters. The molecule has 48 heavy (non-hydrogen) atoms. The average Bonchev–Trinajstić information content (AvgIpc) is 3.03. The second kappa shape index (κ2) is 17.8. The van der Waals surface area contributed by atoms with E-state index in [1.165, 1.54) is 30.3 Å². The number of non-ortho nitro benzene ring substituents is 1. The van der Waals surface area contributed by atoms with Gasteiger partial charge in [-0.25, -0.2) is 9.59 Å². The highest BCUT2D eigenvalue weighted by Gasteiger charge is 2.27. The van der Waals surface area contributed by atoms with E-state index >= 15 is 0 Å². The summed E-state index contributed by atoms with van der Waals surface area (Å²) in [4.78, 5) is 62.4. The number of nitro benzene ring substituents is 1. The van der Waals surface area contributed by atoms with E-state index in [0.717, 1.165) is 37.8 Å². The summed E-state index contributed by atoms with van der Waals surface area (Å²) in [6, 6.07) is 8.58. The van der Waals surface area contributed by atoms with Crippen molar-refractivity contribution in [2.45, 2.75) is 84.7 Å². The van der Waals surface area contributed by atoms with Gasteiger partial charge in [-0.1, -0.05) is 51.1 Å². The Morgan fingerprint density at radius 3 is 1.88 bits per heavy atom. The van der Waals surface area contributed by atoms with Gasteiger partial charge in [0.25, 0.3) is 5.69 Å². The minimum atomic E-state index is -1.17. The van der Waals surface area contributed by atoms with Gasteiger partial charge in [-0.3, -0.25) is 19.7 Å². The molecule has 0 amide bonds. The molecule has 3 aromatic carbocycles. The lowest BCUT2D eigenvalue weighted by molar-refractivity contribution is -0.384. The lowest BCUT2D eigenvalue weighted by Crippen LogP contribution is -2.16. The first-order chi connectivity index (χ1) is 22.9. The number of carbonyl (C=O) groups is 4. The first kappa shape index (κ1) is 37.5. The molecule has 12 nitrogen and oxygen atoms in total. The first-order valence-corrected chi connectivity index (χ1v) is 16.0. The van der Waals surface area contributed by atoms with Crippen molar-refractivity contribution in [1.29, 1.82) is 0 Å². The van der Waals surface area contributed by atoms with E-state index in [2.05, 4.69) is 0 Å². The molecule has 0 heterocycles. The van der Waals surface area contributed by atoms with Crippen molar-refractivity contribution < 1.29 is 48.9 Å². The van der Waals surface area contributed by atoms with Crippen LogP contribution in [-0.4, -0.2) is 43.7 Å². The molecule has 3 rings (SSSR count). The van der Waals surface area contributed by atoms with E-state index in [4.69, 9.17) is 21.1 Å². The molecule has 0 atom stereocenters. The van der Waals surface area contributed by atoms with Crippen molar-refractivity contribution in [2.75, 3.05) is 0 Å². The summed E-state index contributed by atoms with van der Waals surface area (Å²) >= 11 is 6.00. The smallest absolute Gasteiger partial charge is 0.347 e. The quantitative estimate of drug-likeness (QED) is 0.0400. The zero-order valence-electron chi connectivity index (χ0n) is 26.8. The van der Waals surface area contributed by atoms with Crippen molar-refractivity contribution in [3.8, 4) is 23.0 Å². The van der Waals surface area contributed by atoms with Crippen LogP contribution in [-0.2, 0) is 33.8 Å². The van der Waals surface area contributed by atoms with Crippen LogP contribution in [0.5, 0.6) is 23.0 Å². The monoisotopic (exact) mass is 683 g/mol. The average molecular weight is 684 g/mol. The third-order valence-corrected chi connectivity index (χ3v) is 7.88. The largest absolute Gasteiger partial charge is 0.507 e. The fraction of sp³-hybridized carbons (Fsp3) is 0.371. The molecule has 0 aliphatic carbocycles. The highest BCUT2D eigenvalue weighted by Crippen LogP contribution is 2.39. The number of hydrogen-bond acceptors (Lipinski definition) is 11. The number of ketones is 2. The van der Waals surface area contributed by atoms with Crippen LogP contribution in [0, 0.1) is 10.1 Å². The highest BCUT2D eigenvalue weighted by atomic mass is 35.5. The molecule has 0 saturated carbocycles. The Morgan fingerprint density at radius 1 is 0.771 bits per heavy atom. The Labute approximate surface area is 282 Å². The Kier molecular flexibility index (Phi) is 13.9. The normalized spacial score (nSPS) is 10.8. The van der Waals surface area contributed by atoms with Gasteiger partial charge in [0.15, 0.2) is 5.75 Å². The molecule has 0 aliphatic heterocycles. The van der Waals surface area contributed by atoms with Crippen molar-refractivity contribution in [2.24, 2.45) is 0 Å². The van der Waals surface area contributed by atoms with Crippen LogP contribution in [0.15, 0.2) is 42.5 Å². The molecule has 0 aromatic heterocycles. The Bertz CT molecular complexity index is 1670. The number of unbranched alkanes of at least 4 members (excludes halogenated alkanes) is 4. The summed E-state index contributed by atoms with van der Waals surface area (Å²) in [6.45, 7) is 3.67. The molecule has 3 N–H and O–H groups in total. The van der Waals surface area contributed by atoms with Gasteiger partial charge in [0.1, 0.15) is 51.6 Å². The number of nitrogens with zero attached hydrogens (tertiary/aromatic N) is 1. The van der Waals surface area contributed by atoms with Crippen LogP contribution < -0.4 is 4.74 Å². The second-order valence-electron chi connectivity index (χ2n) is 11.3. The van der Waals surface area contributed by atoms with E-state index in [1.807, 2.05) is 13.8 Å². The van der Waals surface area contributed by atoms with Crippen LogP contribution >= 0.6 is 11.6 Å². The van der Waals surface area contributed by atoms with Crippen molar-refractivity contribution >= 4 is 40.8 Å². The molecule has 0 saturated heterocycles. The molecular formula is C35H38ClNO11. The van der Waals surface area contributed by atoms with Gasteiger partial charge >= 0.3 is 11.9 Å².